The summed E-state index contributed by atoms with van der Waals surface area (Å²) in [5.41, 5.74) is 5.20. The summed E-state index contributed by atoms with van der Waals surface area (Å²) in [4.78, 5) is 17.4. The smallest absolute Gasteiger partial charge is 0.235 e. The van der Waals surface area contributed by atoms with Gasteiger partial charge in [0, 0.05) is 19.6 Å². The van der Waals surface area contributed by atoms with Crippen molar-refractivity contribution in [1.82, 2.24) is 9.80 Å². The van der Waals surface area contributed by atoms with Gasteiger partial charge in [0.25, 0.3) is 0 Å². The number of likely N-dealkylation sites (tertiary alicyclic amines) is 1. The van der Waals surface area contributed by atoms with E-state index in [0.29, 0.717) is 23.9 Å². The zero-order valence-electron chi connectivity index (χ0n) is 13.3. The molecule has 0 bridgehead atoms. The first kappa shape index (κ1) is 17.4. The summed E-state index contributed by atoms with van der Waals surface area (Å²) in [7, 11) is 1.88. The summed E-state index contributed by atoms with van der Waals surface area (Å²) in [6, 6.07) is 0.478. The first-order valence-electron chi connectivity index (χ1n) is 7.72. The number of amides is 1. The fraction of sp³-hybridized carbons (Fsp3) is 0.867. The standard InChI is InChI=1S/C15H29N3OS/c1-5-15(6-2,13(16)20)14(19)17(4)11-12-9-8-10-18(12)7-3/h12H,5-11H2,1-4H3,(H2,16,20). The van der Waals surface area contributed by atoms with Crippen molar-refractivity contribution in [2.75, 3.05) is 26.7 Å². The van der Waals surface area contributed by atoms with E-state index in [1.165, 1.54) is 12.8 Å². The van der Waals surface area contributed by atoms with Crippen molar-refractivity contribution in [1.29, 1.82) is 0 Å². The second-order valence-electron chi connectivity index (χ2n) is 5.76. The van der Waals surface area contributed by atoms with Gasteiger partial charge in [0.15, 0.2) is 0 Å². The molecule has 1 unspecified atom stereocenters. The second kappa shape index (κ2) is 7.36. The molecule has 20 heavy (non-hydrogen) atoms. The normalized spacial score (nSPS) is 20.1. The van der Waals surface area contributed by atoms with Gasteiger partial charge in [-0.05, 0) is 38.8 Å². The molecule has 0 radical (unpaired) electrons. The molecule has 1 atom stereocenters. The predicted octanol–water partition coefficient (Wildman–Crippen LogP) is 2.02. The van der Waals surface area contributed by atoms with Gasteiger partial charge in [-0.3, -0.25) is 9.69 Å². The maximum atomic E-state index is 12.8. The molecule has 1 rings (SSSR count). The van der Waals surface area contributed by atoms with Crippen LogP contribution in [0.3, 0.4) is 0 Å². The number of likely N-dealkylation sites (N-methyl/N-ethyl adjacent to an activating group) is 2. The number of nitrogens with zero attached hydrogens (tertiary/aromatic N) is 2. The molecule has 1 amide bonds. The van der Waals surface area contributed by atoms with Crippen molar-refractivity contribution in [2.24, 2.45) is 11.1 Å². The second-order valence-corrected chi connectivity index (χ2v) is 6.20. The van der Waals surface area contributed by atoms with Crippen molar-refractivity contribution in [2.45, 2.75) is 52.5 Å². The van der Waals surface area contributed by atoms with E-state index in [1.807, 2.05) is 25.8 Å². The summed E-state index contributed by atoms with van der Waals surface area (Å²) in [5, 5.41) is 0. The van der Waals surface area contributed by atoms with Gasteiger partial charge < -0.3 is 10.6 Å². The Morgan fingerprint density at radius 3 is 2.45 bits per heavy atom. The third kappa shape index (κ3) is 3.31. The Morgan fingerprint density at radius 1 is 1.40 bits per heavy atom. The Hall–Kier alpha value is -0.680. The van der Waals surface area contributed by atoms with Crippen LogP contribution in [0.2, 0.25) is 0 Å². The number of rotatable bonds is 7. The van der Waals surface area contributed by atoms with E-state index in [0.717, 1.165) is 19.6 Å². The highest BCUT2D eigenvalue weighted by Crippen LogP contribution is 2.30. The Kier molecular flexibility index (Phi) is 6.40. The van der Waals surface area contributed by atoms with Crippen LogP contribution < -0.4 is 5.73 Å². The minimum atomic E-state index is -0.667. The van der Waals surface area contributed by atoms with Gasteiger partial charge in [-0.2, -0.15) is 0 Å². The molecule has 116 valence electrons. The van der Waals surface area contributed by atoms with Crippen LogP contribution in [-0.2, 0) is 4.79 Å². The number of carbonyl (C=O) groups excluding carboxylic acids is 1. The molecule has 1 saturated heterocycles. The Bertz CT molecular complexity index is 355. The van der Waals surface area contributed by atoms with Crippen molar-refractivity contribution >= 4 is 23.1 Å². The number of carbonyl (C=O) groups is 1. The van der Waals surface area contributed by atoms with E-state index in [1.54, 1.807) is 0 Å². The maximum Gasteiger partial charge on any atom is 0.235 e. The molecule has 0 aromatic heterocycles. The summed E-state index contributed by atoms with van der Waals surface area (Å²) in [6.45, 7) is 9.12. The summed E-state index contributed by atoms with van der Waals surface area (Å²) in [6.07, 6.45) is 3.74. The molecule has 0 aromatic rings. The highest BCUT2D eigenvalue weighted by atomic mass is 32.1. The molecule has 1 aliphatic rings. The van der Waals surface area contributed by atoms with Gasteiger partial charge in [0.2, 0.25) is 5.91 Å². The molecule has 1 fully saturated rings. The molecule has 0 aliphatic carbocycles. The van der Waals surface area contributed by atoms with Crippen LogP contribution in [0.1, 0.15) is 46.5 Å². The Balaban J connectivity index is 2.77. The Labute approximate surface area is 128 Å². The number of nitrogens with two attached hydrogens (primary N) is 1. The SMILES string of the molecule is CCN1CCCC1CN(C)C(=O)C(CC)(CC)C(N)=S. The first-order chi connectivity index (χ1) is 9.42. The van der Waals surface area contributed by atoms with E-state index in [9.17, 15) is 4.79 Å². The molecule has 4 nitrogen and oxygen atoms in total. The highest BCUT2D eigenvalue weighted by Gasteiger charge is 2.40. The number of thiocarbonyl (C=S) groups is 1. The molecular formula is C15H29N3OS. The molecule has 0 saturated carbocycles. The monoisotopic (exact) mass is 299 g/mol. The lowest BCUT2D eigenvalue weighted by atomic mass is 9.80. The van der Waals surface area contributed by atoms with Crippen LogP contribution in [0.15, 0.2) is 0 Å². The lowest BCUT2D eigenvalue weighted by Gasteiger charge is -2.35. The van der Waals surface area contributed by atoms with Crippen molar-refractivity contribution in [3.05, 3.63) is 0 Å². The molecule has 1 heterocycles. The van der Waals surface area contributed by atoms with E-state index < -0.39 is 5.41 Å². The van der Waals surface area contributed by atoms with E-state index in [-0.39, 0.29) is 5.91 Å². The average Bonchev–Trinajstić information content (AvgIpc) is 2.87. The van der Waals surface area contributed by atoms with Gasteiger partial charge >= 0.3 is 0 Å². The molecule has 1 aliphatic heterocycles. The molecule has 0 aromatic carbocycles. The minimum Gasteiger partial charge on any atom is -0.392 e. The predicted molar refractivity (Wildman–Crippen MR) is 87.7 cm³/mol. The first-order valence-corrected chi connectivity index (χ1v) is 8.13. The minimum absolute atomic E-state index is 0.0814. The summed E-state index contributed by atoms with van der Waals surface area (Å²) < 4.78 is 0. The van der Waals surface area contributed by atoms with Crippen LogP contribution in [-0.4, -0.2) is 53.4 Å². The van der Waals surface area contributed by atoms with Gasteiger partial charge in [-0.1, -0.05) is 33.0 Å². The van der Waals surface area contributed by atoms with Crippen LogP contribution in [0.25, 0.3) is 0 Å². The summed E-state index contributed by atoms with van der Waals surface area (Å²) >= 11 is 5.17. The molecule has 5 heteroatoms. The molecule has 0 spiro atoms. The zero-order valence-corrected chi connectivity index (χ0v) is 14.1. The third-order valence-electron chi connectivity index (χ3n) is 4.82. The van der Waals surface area contributed by atoms with Gasteiger partial charge in [0.05, 0.1) is 10.4 Å². The van der Waals surface area contributed by atoms with Gasteiger partial charge in [-0.25, -0.2) is 0 Å². The van der Waals surface area contributed by atoms with E-state index in [4.69, 9.17) is 18.0 Å². The topological polar surface area (TPSA) is 49.6 Å². The third-order valence-corrected chi connectivity index (χ3v) is 5.22. The van der Waals surface area contributed by atoms with E-state index in [2.05, 4.69) is 11.8 Å². The van der Waals surface area contributed by atoms with E-state index >= 15 is 0 Å². The van der Waals surface area contributed by atoms with Crippen molar-refractivity contribution < 1.29 is 4.79 Å². The van der Waals surface area contributed by atoms with Gasteiger partial charge in [-0.15, -0.1) is 0 Å². The van der Waals surface area contributed by atoms with Crippen LogP contribution in [0.5, 0.6) is 0 Å². The van der Waals surface area contributed by atoms with Crippen LogP contribution in [0, 0.1) is 5.41 Å². The average molecular weight is 299 g/mol. The fourth-order valence-corrected chi connectivity index (χ4v) is 3.66. The largest absolute Gasteiger partial charge is 0.392 e. The Morgan fingerprint density at radius 2 is 2.00 bits per heavy atom. The van der Waals surface area contributed by atoms with Crippen molar-refractivity contribution in [3.8, 4) is 0 Å². The molecular weight excluding hydrogens is 270 g/mol. The highest BCUT2D eigenvalue weighted by molar-refractivity contribution is 7.80. The zero-order chi connectivity index (χ0) is 15.3. The maximum absolute atomic E-state index is 12.8. The van der Waals surface area contributed by atoms with Crippen molar-refractivity contribution in [3.63, 3.8) is 0 Å². The summed E-state index contributed by atoms with van der Waals surface area (Å²) in [5.74, 6) is 0.0814. The lowest BCUT2D eigenvalue weighted by molar-refractivity contribution is -0.138. The lowest BCUT2D eigenvalue weighted by Crippen LogP contribution is -2.51. The van der Waals surface area contributed by atoms with Crippen LogP contribution >= 0.6 is 12.2 Å². The fourth-order valence-electron chi connectivity index (χ4n) is 3.29. The van der Waals surface area contributed by atoms with Crippen LogP contribution in [0.4, 0.5) is 0 Å². The van der Waals surface area contributed by atoms with Gasteiger partial charge in [0.1, 0.15) is 0 Å². The number of hydrogen-bond acceptors (Lipinski definition) is 3. The molecule has 2 N–H and O–H groups in total. The number of hydrogen-bond donors (Lipinski definition) is 1. The quantitative estimate of drug-likeness (QED) is 0.731.